The lowest BCUT2D eigenvalue weighted by Crippen LogP contribution is -1.47. The summed E-state index contributed by atoms with van der Waals surface area (Å²) >= 11 is 0. The highest BCUT2D eigenvalue weighted by Crippen LogP contribution is 1.79. The van der Waals surface area contributed by atoms with Gasteiger partial charge in [0.15, 0.2) is 0 Å². The number of allylic oxidation sites excluding steroid dienone is 3. The number of hydrogen-bond acceptors (Lipinski definition) is 0. The molecule has 58 valence electrons. The SMILES string of the molecule is C=C/C=C/C.c1ccccc1. The van der Waals surface area contributed by atoms with Crippen LogP contribution in [0.15, 0.2) is 61.2 Å². The van der Waals surface area contributed by atoms with E-state index in [0.717, 1.165) is 0 Å². The quantitative estimate of drug-likeness (QED) is 0.532. The molecule has 0 radical (unpaired) electrons. The van der Waals surface area contributed by atoms with E-state index < -0.39 is 0 Å². The van der Waals surface area contributed by atoms with Gasteiger partial charge in [-0.2, -0.15) is 0 Å². The third kappa shape index (κ3) is 8.70. The normalized spacial score (nSPS) is 8.45. The smallest absolute Gasteiger partial charge is 0.0467 e. The summed E-state index contributed by atoms with van der Waals surface area (Å²) in [6.45, 7) is 5.42. The Kier molecular flexibility index (Phi) is 7.67. The van der Waals surface area contributed by atoms with E-state index in [1.807, 2.05) is 55.5 Å². The van der Waals surface area contributed by atoms with Gasteiger partial charge >= 0.3 is 0 Å². The molecule has 0 bridgehead atoms. The van der Waals surface area contributed by atoms with Gasteiger partial charge in [-0.1, -0.05) is 61.2 Å². The molecule has 0 saturated heterocycles. The van der Waals surface area contributed by atoms with Crippen molar-refractivity contribution in [1.29, 1.82) is 0 Å². The minimum atomic E-state index is 1.75. The second-order valence-corrected chi connectivity index (χ2v) is 1.92. The van der Waals surface area contributed by atoms with Crippen LogP contribution in [-0.4, -0.2) is 0 Å². The van der Waals surface area contributed by atoms with E-state index in [4.69, 9.17) is 0 Å². The average Bonchev–Trinajstić information content (AvgIpc) is 2.10. The van der Waals surface area contributed by atoms with Gasteiger partial charge in [0.25, 0.3) is 0 Å². The summed E-state index contributed by atoms with van der Waals surface area (Å²) in [5.74, 6) is 0. The minimum Gasteiger partial charge on any atom is -0.0991 e. The van der Waals surface area contributed by atoms with Crippen molar-refractivity contribution in [3.63, 3.8) is 0 Å². The standard InChI is InChI=1S/C6H6.C5H8/c1-2-4-6-5-3-1;1-3-5-4-2/h1-6H;3-5H,1H2,2H3/b;5-4+. The second-order valence-electron chi connectivity index (χ2n) is 1.92. The van der Waals surface area contributed by atoms with Crippen molar-refractivity contribution >= 4 is 0 Å². The molecule has 0 amide bonds. The summed E-state index contributed by atoms with van der Waals surface area (Å²) in [7, 11) is 0. The molecule has 0 aromatic heterocycles. The molecule has 0 spiro atoms. The number of rotatable bonds is 1. The van der Waals surface area contributed by atoms with Crippen LogP contribution in [0.25, 0.3) is 0 Å². The van der Waals surface area contributed by atoms with Crippen molar-refractivity contribution in [1.82, 2.24) is 0 Å². The molecule has 11 heavy (non-hydrogen) atoms. The molecule has 0 fully saturated rings. The summed E-state index contributed by atoms with van der Waals surface area (Å²) in [6.07, 6.45) is 5.58. The van der Waals surface area contributed by atoms with Crippen LogP contribution in [0, 0.1) is 0 Å². The van der Waals surface area contributed by atoms with Gasteiger partial charge in [0.1, 0.15) is 0 Å². The van der Waals surface area contributed by atoms with Crippen LogP contribution in [-0.2, 0) is 0 Å². The zero-order chi connectivity index (χ0) is 8.36. The Morgan fingerprint density at radius 3 is 1.36 bits per heavy atom. The average molecular weight is 146 g/mol. The third-order valence-electron chi connectivity index (χ3n) is 0.995. The molecular weight excluding hydrogens is 132 g/mol. The van der Waals surface area contributed by atoms with Gasteiger partial charge in [0.2, 0.25) is 0 Å². The Bertz CT molecular complexity index is 158. The maximum Gasteiger partial charge on any atom is -0.0467 e. The van der Waals surface area contributed by atoms with Crippen molar-refractivity contribution in [2.24, 2.45) is 0 Å². The van der Waals surface area contributed by atoms with Crippen molar-refractivity contribution in [3.8, 4) is 0 Å². The lowest BCUT2D eigenvalue weighted by Gasteiger charge is -1.69. The summed E-state index contributed by atoms with van der Waals surface area (Å²) in [5.41, 5.74) is 0. The molecule has 0 heteroatoms. The van der Waals surface area contributed by atoms with Crippen LogP contribution in [0.2, 0.25) is 0 Å². The molecule has 0 atom stereocenters. The Labute approximate surface area is 68.9 Å². The summed E-state index contributed by atoms with van der Waals surface area (Å²) in [5, 5.41) is 0. The van der Waals surface area contributed by atoms with Gasteiger partial charge in [-0.3, -0.25) is 0 Å². The molecule has 1 aromatic rings. The first-order valence-corrected chi connectivity index (χ1v) is 3.65. The van der Waals surface area contributed by atoms with E-state index in [1.165, 1.54) is 0 Å². The fraction of sp³-hybridized carbons (Fsp3) is 0.0909. The van der Waals surface area contributed by atoms with Crippen molar-refractivity contribution in [3.05, 3.63) is 61.2 Å². The van der Waals surface area contributed by atoms with Gasteiger partial charge in [0.05, 0.1) is 0 Å². The van der Waals surface area contributed by atoms with Crippen LogP contribution >= 0.6 is 0 Å². The maximum absolute atomic E-state index is 3.46. The molecule has 0 saturated carbocycles. The zero-order valence-electron chi connectivity index (χ0n) is 6.90. The van der Waals surface area contributed by atoms with Crippen LogP contribution in [0.4, 0.5) is 0 Å². The van der Waals surface area contributed by atoms with Gasteiger partial charge in [-0.05, 0) is 6.92 Å². The van der Waals surface area contributed by atoms with Crippen LogP contribution in [0.5, 0.6) is 0 Å². The Balaban J connectivity index is 0.000000187. The third-order valence-corrected chi connectivity index (χ3v) is 0.995. The molecular formula is C11H14. The highest BCUT2D eigenvalue weighted by atomic mass is 13.6. The molecule has 0 aliphatic rings. The van der Waals surface area contributed by atoms with Gasteiger partial charge in [-0.15, -0.1) is 0 Å². The molecule has 1 aromatic carbocycles. The van der Waals surface area contributed by atoms with E-state index in [9.17, 15) is 0 Å². The first-order valence-electron chi connectivity index (χ1n) is 3.65. The van der Waals surface area contributed by atoms with Crippen LogP contribution in [0.3, 0.4) is 0 Å². The minimum absolute atomic E-state index is 1.75. The van der Waals surface area contributed by atoms with Crippen molar-refractivity contribution in [2.75, 3.05) is 0 Å². The topological polar surface area (TPSA) is 0 Å². The first kappa shape index (κ1) is 9.70. The van der Waals surface area contributed by atoms with E-state index in [-0.39, 0.29) is 0 Å². The monoisotopic (exact) mass is 146 g/mol. The van der Waals surface area contributed by atoms with Crippen LogP contribution < -0.4 is 0 Å². The van der Waals surface area contributed by atoms with E-state index >= 15 is 0 Å². The first-order chi connectivity index (χ1) is 5.41. The Morgan fingerprint density at radius 2 is 1.27 bits per heavy atom. The maximum atomic E-state index is 3.46. The fourth-order valence-corrected chi connectivity index (χ4v) is 0.521. The predicted octanol–water partition coefficient (Wildman–Crippen LogP) is 3.44. The highest BCUT2D eigenvalue weighted by Gasteiger charge is 1.57. The predicted molar refractivity (Wildman–Crippen MR) is 51.5 cm³/mol. The lowest BCUT2D eigenvalue weighted by molar-refractivity contribution is 1.72. The van der Waals surface area contributed by atoms with E-state index in [1.54, 1.807) is 6.08 Å². The van der Waals surface area contributed by atoms with Crippen molar-refractivity contribution < 1.29 is 0 Å². The molecule has 0 N–H and O–H groups in total. The molecule has 0 unspecified atom stereocenters. The Morgan fingerprint density at radius 1 is 0.909 bits per heavy atom. The zero-order valence-corrected chi connectivity index (χ0v) is 6.90. The summed E-state index contributed by atoms with van der Waals surface area (Å²) in [6, 6.07) is 12.0. The number of benzene rings is 1. The molecule has 0 aliphatic heterocycles. The van der Waals surface area contributed by atoms with Gasteiger partial charge in [-0.25, -0.2) is 0 Å². The van der Waals surface area contributed by atoms with Crippen LogP contribution in [0.1, 0.15) is 6.92 Å². The highest BCUT2D eigenvalue weighted by molar-refractivity contribution is 4.99. The molecule has 0 heterocycles. The largest absolute Gasteiger partial charge is 0.0991 e. The number of hydrogen-bond donors (Lipinski definition) is 0. The van der Waals surface area contributed by atoms with Gasteiger partial charge in [0, 0.05) is 0 Å². The fourth-order valence-electron chi connectivity index (χ4n) is 0.521. The molecule has 0 aliphatic carbocycles. The van der Waals surface area contributed by atoms with Crippen molar-refractivity contribution in [2.45, 2.75) is 6.92 Å². The Hall–Kier alpha value is -1.30. The molecule has 1 rings (SSSR count). The second kappa shape index (κ2) is 8.70. The van der Waals surface area contributed by atoms with Gasteiger partial charge < -0.3 is 0 Å². The lowest BCUT2D eigenvalue weighted by atomic mass is 10.4. The van der Waals surface area contributed by atoms with E-state index in [0.29, 0.717) is 0 Å². The summed E-state index contributed by atoms with van der Waals surface area (Å²) in [4.78, 5) is 0. The summed E-state index contributed by atoms with van der Waals surface area (Å²) < 4.78 is 0. The van der Waals surface area contributed by atoms with E-state index in [2.05, 4.69) is 6.58 Å². The molecule has 0 nitrogen and oxygen atoms in total.